The van der Waals surface area contributed by atoms with Gasteiger partial charge in [0.25, 0.3) is 0 Å². The van der Waals surface area contributed by atoms with Crippen molar-refractivity contribution in [3.63, 3.8) is 0 Å². The van der Waals surface area contributed by atoms with Crippen LogP contribution in [0.25, 0.3) is 0 Å². The maximum absolute atomic E-state index is 14.3. The number of aryl methyl sites for hydroxylation is 1. The number of halogens is 2. The number of likely N-dealkylation sites (tertiary alicyclic amines) is 1. The number of carboxylic acids is 1. The highest BCUT2D eigenvalue weighted by atomic mass is 35.5. The van der Waals surface area contributed by atoms with Crippen molar-refractivity contribution >= 4 is 29.1 Å². The summed E-state index contributed by atoms with van der Waals surface area (Å²) >= 11 is 5.89. The van der Waals surface area contributed by atoms with Gasteiger partial charge in [0.05, 0.1) is 24.9 Å². The van der Waals surface area contributed by atoms with Gasteiger partial charge in [0.1, 0.15) is 17.4 Å². The molecule has 10 heteroatoms. The van der Waals surface area contributed by atoms with Gasteiger partial charge in [-0.1, -0.05) is 30.3 Å². The highest BCUT2D eigenvalue weighted by Gasteiger charge is 2.26. The third-order valence-electron chi connectivity index (χ3n) is 7.83. The predicted octanol–water partition coefficient (Wildman–Crippen LogP) is 5.56. The average molecular weight is 580 g/mol. The minimum absolute atomic E-state index is 0.0819. The number of aromatic nitrogens is 3. The third-order valence-corrected chi connectivity index (χ3v) is 8.06. The van der Waals surface area contributed by atoms with Crippen LogP contribution in [-0.4, -0.2) is 62.0 Å². The van der Waals surface area contributed by atoms with E-state index in [0.29, 0.717) is 47.5 Å². The number of carbonyl (C=O) groups is 1. The zero-order chi connectivity index (χ0) is 28.9. The molecule has 216 valence electrons. The largest absolute Gasteiger partial charge is 0.477 e. The highest BCUT2D eigenvalue weighted by Crippen LogP contribution is 2.28. The van der Waals surface area contributed by atoms with Crippen LogP contribution in [0.2, 0.25) is 5.02 Å². The molecular weight excluding hydrogens is 545 g/mol. The van der Waals surface area contributed by atoms with Gasteiger partial charge in [-0.2, -0.15) is 0 Å². The maximum atomic E-state index is 14.3. The van der Waals surface area contributed by atoms with E-state index in [1.807, 2.05) is 29.7 Å². The fourth-order valence-corrected chi connectivity index (χ4v) is 5.61. The van der Waals surface area contributed by atoms with E-state index in [1.165, 1.54) is 12.1 Å². The number of benzene rings is 1. The minimum Gasteiger partial charge on any atom is -0.477 e. The Morgan fingerprint density at radius 1 is 1.22 bits per heavy atom. The van der Waals surface area contributed by atoms with Gasteiger partial charge >= 0.3 is 5.97 Å². The number of imidazole rings is 1. The molecule has 0 amide bonds. The highest BCUT2D eigenvalue weighted by molar-refractivity contribution is 6.40. The molecule has 8 nitrogen and oxygen atoms in total. The summed E-state index contributed by atoms with van der Waals surface area (Å²) in [5.41, 5.74) is 3.05. The molecule has 1 atom stereocenters. The van der Waals surface area contributed by atoms with Crippen molar-refractivity contribution in [2.24, 2.45) is 10.9 Å². The van der Waals surface area contributed by atoms with E-state index in [-0.39, 0.29) is 17.6 Å². The monoisotopic (exact) mass is 579 g/mol. The average Bonchev–Trinajstić information content (AvgIpc) is 3.20. The van der Waals surface area contributed by atoms with Crippen molar-refractivity contribution in [1.82, 2.24) is 19.4 Å². The van der Waals surface area contributed by atoms with Gasteiger partial charge in [0.15, 0.2) is 5.82 Å². The number of carboxylic acid groups (broad SMARTS) is 1. The third kappa shape index (κ3) is 7.28. The zero-order valence-electron chi connectivity index (χ0n) is 23.2. The van der Waals surface area contributed by atoms with Crippen LogP contribution in [-0.2, 0) is 35.5 Å². The molecule has 2 saturated heterocycles. The second-order valence-electron chi connectivity index (χ2n) is 10.8. The molecule has 0 unspecified atom stereocenters. The number of ether oxygens (including phenoxy) is 1. The molecule has 2 fully saturated rings. The van der Waals surface area contributed by atoms with Gasteiger partial charge in [-0.15, -0.1) is 0 Å². The van der Waals surface area contributed by atoms with Crippen LogP contribution in [0.5, 0.6) is 0 Å². The molecule has 2 aromatic heterocycles. The fraction of sp³-hybridized carbons (Fsp3) is 0.419. The lowest BCUT2D eigenvalue weighted by Crippen LogP contribution is -2.36. The fourth-order valence-electron chi connectivity index (χ4n) is 5.45. The summed E-state index contributed by atoms with van der Waals surface area (Å²) in [4.78, 5) is 28.0. The first-order valence-electron chi connectivity index (χ1n) is 14.0. The maximum Gasteiger partial charge on any atom is 0.354 e. The molecule has 0 bridgehead atoms. The second kappa shape index (κ2) is 13.1. The summed E-state index contributed by atoms with van der Waals surface area (Å²) in [5.74, 6) is 0.500. The van der Waals surface area contributed by atoms with Crippen LogP contribution in [0, 0.1) is 18.7 Å². The zero-order valence-corrected chi connectivity index (χ0v) is 24.0. The van der Waals surface area contributed by atoms with Gasteiger partial charge in [0, 0.05) is 29.4 Å². The first-order valence-corrected chi connectivity index (χ1v) is 14.4. The number of nitrogens with zero attached hydrogens (tertiary/aromatic N) is 5. The summed E-state index contributed by atoms with van der Waals surface area (Å²) in [5, 5.41) is 9.86. The lowest BCUT2D eigenvalue weighted by molar-refractivity contribution is -0.129. The smallest absolute Gasteiger partial charge is 0.354 e. The van der Waals surface area contributed by atoms with Crippen LogP contribution in [0.4, 0.5) is 10.2 Å². The summed E-state index contributed by atoms with van der Waals surface area (Å²) in [7, 11) is 0. The quantitative estimate of drug-likeness (QED) is 0.299. The molecule has 0 radical (unpaired) electrons. The molecule has 0 saturated carbocycles. The van der Waals surface area contributed by atoms with Crippen molar-refractivity contribution in [3.8, 4) is 0 Å². The SMILES string of the molecule is C=C/C(=N\c1c(C)nc(CN2CCC(Cc3cccc(Cc4ccc(Cl)cc4F)n3)CC2)n1C[C@@H]1CCO1)C(=O)O. The number of hydrogen-bond donors (Lipinski definition) is 1. The molecule has 0 aliphatic carbocycles. The molecule has 4 heterocycles. The van der Waals surface area contributed by atoms with E-state index in [1.54, 1.807) is 12.1 Å². The van der Waals surface area contributed by atoms with Gasteiger partial charge in [0.2, 0.25) is 0 Å². The summed E-state index contributed by atoms with van der Waals surface area (Å²) in [6, 6.07) is 10.7. The Balaban J connectivity index is 1.22. The Hall–Kier alpha value is -3.40. The van der Waals surface area contributed by atoms with E-state index in [2.05, 4.69) is 16.5 Å². The van der Waals surface area contributed by atoms with Crippen molar-refractivity contribution < 1.29 is 19.0 Å². The van der Waals surface area contributed by atoms with E-state index in [0.717, 1.165) is 62.6 Å². The Kier molecular flexibility index (Phi) is 9.27. The molecule has 2 aliphatic heterocycles. The first kappa shape index (κ1) is 29.1. The summed E-state index contributed by atoms with van der Waals surface area (Å²) < 4.78 is 22.0. The number of piperidine rings is 1. The minimum atomic E-state index is -1.12. The number of pyridine rings is 1. The molecule has 1 N–H and O–H groups in total. The molecular formula is C31H35ClFN5O3. The molecule has 2 aliphatic rings. The van der Waals surface area contributed by atoms with Gasteiger partial charge in [-0.05, 0) is 87.5 Å². The van der Waals surface area contributed by atoms with Crippen molar-refractivity contribution in [3.05, 3.63) is 88.4 Å². The molecule has 3 aromatic rings. The molecule has 1 aromatic carbocycles. The summed E-state index contributed by atoms with van der Waals surface area (Å²) in [6.45, 7) is 9.30. The van der Waals surface area contributed by atoms with E-state index in [9.17, 15) is 14.3 Å². The number of hydrogen-bond acceptors (Lipinski definition) is 6. The topological polar surface area (TPSA) is 92.8 Å². The number of aliphatic carboxylic acids is 1. The standard InChI is InChI=1S/C31H35ClFN5O3/c1-3-28(31(39)40)36-30-20(2)34-29(38(30)18-26-11-14-41-26)19-37-12-9-21(10-13-37)15-24-5-4-6-25(35-24)16-22-7-8-23(32)17-27(22)33/h3-8,17,21,26H,1,9-16,18-19H2,2H3,(H,39,40)/b36-28+/t26-/m0/s1. The van der Waals surface area contributed by atoms with Crippen LogP contribution >= 0.6 is 11.6 Å². The normalized spacial score (nSPS) is 18.3. The number of rotatable bonds is 11. The Labute approximate surface area is 244 Å². The van der Waals surface area contributed by atoms with Crippen LogP contribution in [0.1, 0.15) is 47.7 Å². The predicted molar refractivity (Wildman–Crippen MR) is 156 cm³/mol. The Bertz CT molecular complexity index is 1440. The lowest BCUT2D eigenvalue weighted by atomic mass is 9.92. The Morgan fingerprint density at radius 3 is 2.63 bits per heavy atom. The van der Waals surface area contributed by atoms with Crippen molar-refractivity contribution in [2.75, 3.05) is 19.7 Å². The lowest BCUT2D eigenvalue weighted by Gasteiger charge is -2.32. The number of aliphatic imine (C=N–C) groups is 1. The van der Waals surface area contributed by atoms with Crippen molar-refractivity contribution in [2.45, 2.75) is 58.2 Å². The Morgan fingerprint density at radius 2 is 1.98 bits per heavy atom. The van der Waals surface area contributed by atoms with E-state index < -0.39 is 5.97 Å². The second-order valence-corrected chi connectivity index (χ2v) is 11.2. The van der Waals surface area contributed by atoms with E-state index >= 15 is 0 Å². The molecule has 5 rings (SSSR count). The van der Waals surface area contributed by atoms with Gasteiger partial charge < -0.3 is 14.4 Å². The van der Waals surface area contributed by atoms with Crippen LogP contribution < -0.4 is 0 Å². The first-order chi connectivity index (χ1) is 19.8. The van der Waals surface area contributed by atoms with E-state index in [4.69, 9.17) is 26.3 Å². The molecule has 41 heavy (non-hydrogen) atoms. The van der Waals surface area contributed by atoms with Crippen LogP contribution in [0.15, 0.2) is 54.0 Å². The van der Waals surface area contributed by atoms with Gasteiger partial charge in [-0.3, -0.25) is 9.88 Å². The summed E-state index contributed by atoms with van der Waals surface area (Å²) in [6.07, 6.45) is 5.68. The molecule has 0 spiro atoms. The van der Waals surface area contributed by atoms with Crippen LogP contribution in [0.3, 0.4) is 0 Å². The van der Waals surface area contributed by atoms with Crippen molar-refractivity contribution in [1.29, 1.82) is 0 Å². The van der Waals surface area contributed by atoms with Gasteiger partial charge in [-0.25, -0.2) is 19.2 Å².